The summed E-state index contributed by atoms with van der Waals surface area (Å²) >= 11 is 0. The van der Waals surface area contributed by atoms with Crippen LogP contribution in [0.3, 0.4) is 0 Å². The topological polar surface area (TPSA) is 66.4 Å². The van der Waals surface area contributed by atoms with Crippen LogP contribution in [0, 0.1) is 0 Å². The monoisotopic (exact) mass is 345 g/mol. The molecule has 0 radical (unpaired) electrons. The minimum absolute atomic E-state index is 0.0949. The lowest BCUT2D eigenvalue weighted by Gasteiger charge is -2.28. The highest BCUT2D eigenvalue weighted by molar-refractivity contribution is 6.01. The number of aliphatic hydroxyl groups is 1. The van der Waals surface area contributed by atoms with Gasteiger partial charge in [0.25, 0.3) is 5.91 Å². The van der Waals surface area contributed by atoms with Crippen LogP contribution in [0.2, 0.25) is 0 Å². The third-order valence-electron chi connectivity index (χ3n) is 4.24. The fourth-order valence-corrected chi connectivity index (χ4v) is 2.83. The van der Waals surface area contributed by atoms with Crippen LogP contribution in [0.1, 0.15) is 28.4 Å². The van der Waals surface area contributed by atoms with Crippen molar-refractivity contribution in [2.75, 3.05) is 5.32 Å². The Morgan fingerprint density at radius 2 is 1.35 bits per heavy atom. The van der Waals surface area contributed by atoms with Crippen LogP contribution in [0.15, 0.2) is 84.9 Å². The van der Waals surface area contributed by atoms with Crippen molar-refractivity contribution in [3.8, 4) is 0 Å². The highest BCUT2D eigenvalue weighted by atomic mass is 16.3. The largest absolute Gasteiger partial charge is 0.372 e. The van der Waals surface area contributed by atoms with Gasteiger partial charge in [-0.25, -0.2) is 0 Å². The zero-order chi connectivity index (χ0) is 18.6. The SMILES string of the molecule is CC(=O)c1cccc(NC(=O)C(O)(c2ccccc2)c2ccccc2)c1. The molecule has 0 atom stereocenters. The molecule has 4 heteroatoms. The molecule has 0 spiro atoms. The quantitative estimate of drug-likeness (QED) is 0.692. The molecule has 0 saturated heterocycles. The van der Waals surface area contributed by atoms with Gasteiger partial charge in [0.1, 0.15) is 0 Å². The predicted octanol–water partition coefficient (Wildman–Crippen LogP) is 3.76. The van der Waals surface area contributed by atoms with E-state index in [0.29, 0.717) is 22.4 Å². The highest BCUT2D eigenvalue weighted by Crippen LogP contribution is 2.31. The van der Waals surface area contributed by atoms with E-state index < -0.39 is 11.5 Å². The molecule has 3 aromatic rings. The molecule has 0 unspecified atom stereocenters. The second kappa shape index (κ2) is 7.33. The molecular formula is C22H19NO3. The van der Waals surface area contributed by atoms with Gasteiger partial charge in [-0.1, -0.05) is 72.8 Å². The van der Waals surface area contributed by atoms with Crippen LogP contribution in [-0.4, -0.2) is 16.8 Å². The van der Waals surface area contributed by atoms with Crippen molar-refractivity contribution in [1.82, 2.24) is 0 Å². The summed E-state index contributed by atoms with van der Waals surface area (Å²) in [5, 5.41) is 14.1. The Kier molecular flexibility index (Phi) is 4.96. The summed E-state index contributed by atoms with van der Waals surface area (Å²) < 4.78 is 0. The Hall–Kier alpha value is -3.24. The number of rotatable bonds is 5. The van der Waals surface area contributed by atoms with Gasteiger partial charge in [-0.2, -0.15) is 0 Å². The summed E-state index contributed by atoms with van der Waals surface area (Å²) in [5.41, 5.74) is 0.0194. The summed E-state index contributed by atoms with van der Waals surface area (Å²) in [6, 6.07) is 24.2. The lowest BCUT2D eigenvalue weighted by molar-refractivity contribution is -0.131. The molecule has 1 amide bonds. The van der Waals surface area contributed by atoms with E-state index in [4.69, 9.17) is 0 Å². The third kappa shape index (κ3) is 3.41. The van der Waals surface area contributed by atoms with Crippen molar-refractivity contribution < 1.29 is 14.7 Å². The smallest absolute Gasteiger partial charge is 0.265 e. The summed E-state index contributed by atoms with van der Waals surface area (Å²) in [5.74, 6) is -0.682. The minimum atomic E-state index is -1.85. The average molecular weight is 345 g/mol. The Bertz CT molecular complexity index is 881. The molecule has 0 bridgehead atoms. The number of amides is 1. The zero-order valence-corrected chi connectivity index (χ0v) is 14.3. The fraction of sp³-hybridized carbons (Fsp3) is 0.0909. The lowest BCUT2D eigenvalue weighted by Crippen LogP contribution is -2.41. The zero-order valence-electron chi connectivity index (χ0n) is 14.3. The number of nitrogens with one attached hydrogen (secondary N) is 1. The number of ketones is 1. The van der Waals surface area contributed by atoms with Crippen molar-refractivity contribution in [3.05, 3.63) is 102 Å². The van der Waals surface area contributed by atoms with Crippen LogP contribution in [0.25, 0.3) is 0 Å². The van der Waals surface area contributed by atoms with Crippen molar-refractivity contribution in [2.45, 2.75) is 12.5 Å². The first kappa shape index (κ1) is 17.6. The van der Waals surface area contributed by atoms with E-state index in [1.807, 2.05) is 12.1 Å². The first-order valence-electron chi connectivity index (χ1n) is 8.27. The molecule has 4 nitrogen and oxygen atoms in total. The Morgan fingerprint density at radius 1 is 0.808 bits per heavy atom. The molecule has 0 fully saturated rings. The first-order valence-corrected chi connectivity index (χ1v) is 8.27. The van der Waals surface area contributed by atoms with Gasteiger partial charge < -0.3 is 10.4 Å². The van der Waals surface area contributed by atoms with Crippen LogP contribution in [0.4, 0.5) is 5.69 Å². The van der Waals surface area contributed by atoms with Gasteiger partial charge in [-0.3, -0.25) is 9.59 Å². The number of Topliss-reactive ketones (excluding diaryl/α,β-unsaturated/α-hetero) is 1. The van der Waals surface area contributed by atoms with Gasteiger partial charge in [0.2, 0.25) is 0 Å². The maximum Gasteiger partial charge on any atom is 0.265 e. The second-order valence-electron chi connectivity index (χ2n) is 6.03. The van der Waals surface area contributed by atoms with E-state index in [2.05, 4.69) is 5.32 Å². The third-order valence-corrected chi connectivity index (χ3v) is 4.24. The second-order valence-corrected chi connectivity index (χ2v) is 6.03. The van der Waals surface area contributed by atoms with Crippen molar-refractivity contribution in [2.24, 2.45) is 0 Å². The molecule has 0 aliphatic rings. The fourth-order valence-electron chi connectivity index (χ4n) is 2.83. The van der Waals surface area contributed by atoms with Gasteiger partial charge >= 0.3 is 0 Å². The maximum absolute atomic E-state index is 13.1. The molecule has 26 heavy (non-hydrogen) atoms. The van der Waals surface area contributed by atoms with Gasteiger partial charge in [0, 0.05) is 11.3 Å². The number of carbonyl (C=O) groups excluding carboxylic acids is 2. The molecule has 0 aromatic heterocycles. The molecule has 130 valence electrons. The highest BCUT2D eigenvalue weighted by Gasteiger charge is 2.39. The first-order chi connectivity index (χ1) is 12.5. The molecule has 3 aromatic carbocycles. The van der Waals surface area contributed by atoms with Crippen molar-refractivity contribution in [3.63, 3.8) is 0 Å². The van der Waals surface area contributed by atoms with E-state index in [9.17, 15) is 14.7 Å². The molecular weight excluding hydrogens is 326 g/mol. The van der Waals surface area contributed by atoms with E-state index >= 15 is 0 Å². The van der Waals surface area contributed by atoms with Gasteiger partial charge in [0.15, 0.2) is 11.4 Å². The van der Waals surface area contributed by atoms with Crippen LogP contribution < -0.4 is 5.32 Å². The maximum atomic E-state index is 13.1. The van der Waals surface area contributed by atoms with Crippen molar-refractivity contribution >= 4 is 17.4 Å². The number of carbonyl (C=O) groups is 2. The Balaban J connectivity index is 2.01. The van der Waals surface area contributed by atoms with Crippen LogP contribution >= 0.6 is 0 Å². The van der Waals surface area contributed by atoms with E-state index in [0.717, 1.165) is 0 Å². The van der Waals surface area contributed by atoms with Crippen LogP contribution in [-0.2, 0) is 10.4 Å². The molecule has 0 saturated carbocycles. The average Bonchev–Trinajstić information content (AvgIpc) is 2.68. The lowest BCUT2D eigenvalue weighted by atomic mass is 9.85. The Labute approximate surface area is 152 Å². The van der Waals surface area contributed by atoms with E-state index in [1.54, 1.807) is 72.8 Å². The van der Waals surface area contributed by atoms with Crippen molar-refractivity contribution in [1.29, 1.82) is 0 Å². The van der Waals surface area contributed by atoms with Gasteiger partial charge in [-0.15, -0.1) is 0 Å². The normalized spacial score (nSPS) is 11.0. The molecule has 0 heterocycles. The molecule has 0 aliphatic carbocycles. The number of anilines is 1. The minimum Gasteiger partial charge on any atom is -0.372 e. The van der Waals surface area contributed by atoms with E-state index in [1.165, 1.54) is 6.92 Å². The summed E-state index contributed by atoms with van der Waals surface area (Å²) in [4.78, 5) is 24.6. The number of benzene rings is 3. The number of hydrogen-bond acceptors (Lipinski definition) is 3. The Morgan fingerprint density at radius 3 is 1.85 bits per heavy atom. The molecule has 2 N–H and O–H groups in total. The van der Waals surface area contributed by atoms with Gasteiger partial charge in [0.05, 0.1) is 0 Å². The van der Waals surface area contributed by atoms with E-state index in [-0.39, 0.29) is 5.78 Å². The number of hydrogen-bond donors (Lipinski definition) is 2. The summed E-state index contributed by atoms with van der Waals surface area (Å²) in [7, 11) is 0. The summed E-state index contributed by atoms with van der Waals surface area (Å²) in [6.07, 6.45) is 0. The molecule has 3 rings (SSSR count). The predicted molar refractivity (Wildman–Crippen MR) is 101 cm³/mol. The summed E-state index contributed by atoms with van der Waals surface area (Å²) in [6.45, 7) is 1.46. The standard InChI is InChI=1S/C22H19NO3/c1-16(24)17-9-8-14-20(15-17)23-21(25)22(26,18-10-4-2-5-11-18)19-12-6-3-7-13-19/h2-15,26H,1H3,(H,23,25). The van der Waals surface area contributed by atoms with Crippen LogP contribution in [0.5, 0.6) is 0 Å². The molecule has 0 aliphatic heterocycles. The van der Waals surface area contributed by atoms with Gasteiger partial charge in [-0.05, 0) is 30.2 Å².